The average molecular weight is 126 g/mol. The van der Waals surface area contributed by atoms with Crippen molar-refractivity contribution in [2.45, 2.75) is 6.92 Å². The van der Waals surface area contributed by atoms with Gasteiger partial charge in [-0.25, -0.2) is 4.79 Å². The fraction of sp³-hybridized carbons (Fsp3) is 0.400. The van der Waals surface area contributed by atoms with E-state index in [-0.39, 0.29) is 6.54 Å². The predicted molar refractivity (Wildman–Crippen MR) is 30.1 cm³/mol. The van der Waals surface area contributed by atoms with Crippen LogP contribution < -0.4 is 0 Å². The van der Waals surface area contributed by atoms with Crippen molar-refractivity contribution in [3.8, 4) is 0 Å². The molecular formula is C5H6N2O2. The van der Waals surface area contributed by atoms with Crippen LogP contribution in [0.5, 0.6) is 0 Å². The summed E-state index contributed by atoms with van der Waals surface area (Å²) < 4.78 is 0. The predicted octanol–water partition coefficient (Wildman–Crippen LogP) is 0.811. The Bertz CT molecular complexity index is 205. The van der Waals surface area contributed by atoms with Gasteiger partial charge < -0.3 is 5.11 Å². The molecule has 48 valence electrons. The fourth-order valence-electron chi connectivity index (χ4n) is 0.609. The Hall–Kier alpha value is -1.19. The molecule has 0 aliphatic carbocycles. The lowest BCUT2D eigenvalue weighted by molar-refractivity contribution is -0.132. The van der Waals surface area contributed by atoms with Gasteiger partial charge in [-0.2, -0.15) is 10.2 Å². The Morgan fingerprint density at radius 1 is 1.78 bits per heavy atom. The molecule has 4 nitrogen and oxygen atoms in total. The van der Waals surface area contributed by atoms with Crippen molar-refractivity contribution in [3.05, 3.63) is 11.3 Å². The molecule has 0 amide bonds. The van der Waals surface area contributed by atoms with E-state index < -0.39 is 5.97 Å². The van der Waals surface area contributed by atoms with Gasteiger partial charge in [0.2, 0.25) is 0 Å². The number of carboxylic acids is 1. The maximum absolute atomic E-state index is 10.2. The second-order valence-corrected chi connectivity index (χ2v) is 1.77. The first kappa shape index (κ1) is 5.94. The monoisotopic (exact) mass is 126 g/mol. The van der Waals surface area contributed by atoms with E-state index in [9.17, 15) is 4.79 Å². The summed E-state index contributed by atoms with van der Waals surface area (Å²) in [5.74, 6) is -0.919. The van der Waals surface area contributed by atoms with Crippen LogP contribution in [0, 0.1) is 0 Å². The Morgan fingerprint density at radius 3 is 2.67 bits per heavy atom. The van der Waals surface area contributed by atoms with Crippen molar-refractivity contribution in [1.29, 1.82) is 0 Å². The van der Waals surface area contributed by atoms with Crippen molar-refractivity contribution in [3.63, 3.8) is 0 Å². The number of nitrogens with zero attached hydrogens (tertiary/aromatic N) is 2. The SMILES string of the molecule is CC1=C(C(=O)O)CN=N1. The average Bonchev–Trinajstić information content (AvgIpc) is 2.13. The molecule has 0 aromatic carbocycles. The maximum atomic E-state index is 10.2. The minimum atomic E-state index is -0.919. The minimum Gasteiger partial charge on any atom is -0.478 e. The standard InChI is InChI=1S/C5H6N2O2/c1-3-4(5(8)9)2-6-7-3/h2H2,1H3,(H,8,9). The third-order valence-corrected chi connectivity index (χ3v) is 1.14. The molecular weight excluding hydrogens is 120 g/mol. The number of carboxylic acid groups (broad SMARTS) is 1. The molecule has 0 bridgehead atoms. The van der Waals surface area contributed by atoms with Crippen molar-refractivity contribution >= 4 is 5.97 Å². The number of carbonyl (C=O) groups is 1. The van der Waals surface area contributed by atoms with E-state index in [1.165, 1.54) is 0 Å². The van der Waals surface area contributed by atoms with E-state index in [2.05, 4.69) is 10.2 Å². The summed E-state index contributed by atoms with van der Waals surface area (Å²) in [6.07, 6.45) is 0. The third kappa shape index (κ3) is 0.960. The van der Waals surface area contributed by atoms with Gasteiger partial charge in [0.1, 0.15) is 0 Å². The molecule has 0 saturated carbocycles. The van der Waals surface area contributed by atoms with Crippen LogP contribution in [0.15, 0.2) is 21.5 Å². The highest BCUT2D eigenvalue weighted by molar-refractivity contribution is 5.88. The molecule has 1 aliphatic heterocycles. The van der Waals surface area contributed by atoms with Gasteiger partial charge in [0.15, 0.2) is 0 Å². The van der Waals surface area contributed by atoms with Gasteiger partial charge in [-0.1, -0.05) is 0 Å². The van der Waals surface area contributed by atoms with Gasteiger partial charge in [-0.05, 0) is 6.92 Å². The molecule has 0 unspecified atom stereocenters. The molecule has 0 spiro atoms. The molecule has 0 atom stereocenters. The van der Waals surface area contributed by atoms with Crippen molar-refractivity contribution < 1.29 is 9.90 Å². The fourth-order valence-corrected chi connectivity index (χ4v) is 0.609. The topological polar surface area (TPSA) is 62.0 Å². The summed E-state index contributed by atoms with van der Waals surface area (Å²) in [6, 6.07) is 0. The number of aliphatic carboxylic acids is 1. The Morgan fingerprint density at radius 2 is 2.44 bits per heavy atom. The minimum absolute atomic E-state index is 0.223. The highest BCUT2D eigenvalue weighted by Crippen LogP contribution is 2.13. The van der Waals surface area contributed by atoms with Gasteiger partial charge in [0.05, 0.1) is 17.8 Å². The summed E-state index contributed by atoms with van der Waals surface area (Å²) in [4.78, 5) is 10.2. The molecule has 0 aromatic rings. The summed E-state index contributed by atoms with van der Waals surface area (Å²) >= 11 is 0. The summed E-state index contributed by atoms with van der Waals surface area (Å²) in [5.41, 5.74) is 0.817. The molecule has 1 heterocycles. The van der Waals surface area contributed by atoms with Gasteiger partial charge in [0.25, 0.3) is 0 Å². The van der Waals surface area contributed by atoms with E-state index in [4.69, 9.17) is 5.11 Å². The van der Waals surface area contributed by atoms with Crippen LogP contribution in [0.2, 0.25) is 0 Å². The van der Waals surface area contributed by atoms with Crippen LogP contribution in [-0.2, 0) is 4.79 Å². The summed E-state index contributed by atoms with van der Waals surface area (Å²) in [6.45, 7) is 1.86. The van der Waals surface area contributed by atoms with E-state index >= 15 is 0 Å². The number of hydrogen-bond acceptors (Lipinski definition) is 3. The largest absolute Gasteiger partial charge is 0.478 e. The van der Waals surface area contributed by atoms with E-state index in [1.54, 1.807) is 6.92 Å². The Kier molecular flexibility index (Phi) is 1.30. The summed E-state index contributed by atoms with van der Waals surface area (Å²) in [5, 5.41) is 15.5. The molecule has 9 heavy (non-hydrogen) atoms. The first-order valence-corrected chi connectivity index (χ1v) is 2.52. The molecule has 0 saturated heterocycles. The first-order chi connectivity index (χ1) is 4.22. The van der Waals surface area contributed by atoms with Crippen molar-refractivity contribution in [2.24, 2.45) is 10.2 Å². The van der Waals surface area contributed by atoms with Crippen LogP contribution in [-0.4, -0.2) is 17.6 Å². The molecule has 0 radical (unpaired) electrons. The molecule has 1 rings (SSSR count). The summed E-state index contributed by atoms with van der Waals surface area (Å²) in [7, 11) is 0. The number of hydrogen-bond donors (Lipinski definition) is 1. The molecule has 1 aliphatic rings. The highest BCUT2D eigenvalue weighted by Gasteiger charge is 2.14. The zero-order valence-corrected chi connectivity index (χ0v) is 4.96. The van der Waals surface area contributed by atoms with Gasteiger partial charge in [0, 0.05) is 0 Å². The third-order valence-electron chi connectivity index (χ3n) is 1.14. The second-order valence-electron chi connectivity index (χ2n) is 1.77. The molecule has 0 fully saturated rings. The van der Waals surface area contributed by atoms with Crippen molar-refractivity contribution in [2.75, 3.05) is 6.54 Å². The molecule has 4 heteroatoms. The van der Waals surface area contributed by atoms with Crippen LogP contribution >= 0.6 is 0 Å². The van der Waals surface area contributed by atoms with Gasteiger partial charge in [-0.15, -0.1) is 0 Å². The van der Waals surface area contributed by atoms with Crippen molar-refractivity contribution in [1.82, 2.24) is 0 Å². The number of azo groups is 1. The van der Waals surface area contributed by atoms with Crippen LogP contribution in [0.25, 0.3) is 0 Å². The smallest absolute Gasteiger partial charge is 0.335 e. The Labute approximate surface area is 51.9 Å². The highest BCUT2D eigenvalue weighted by atomic mass is 16.4. The van der Waals surface area contributed by atoms with E-state index in [0.717, 1.165) is 0 Å². The molecule has 1 N–H and O–H groups in total. The van der Waals surface area contributed by atoms with Crippen LogP contribution in [0.1, 0.15) is 6.92 Å². The quantitative estimate of drug-likeness (QED) is 0.565. The van der Waals surface area contributed by atoms with Crippen LogP contribution in [0.4, 0.5) is 0 Å². The van der Waals surface area contributed by atoms with E-state index in [0.29, 0.717) is 11.3 Å². The zero-order chi connectivity index (χ0) is 6.85. The normalized spacial score (nSPS) is 17.0. The van der Waals surface area contributed by atoms with Crippen LogP contribution in [0.3, 0.4) is 0 Å². The number of allylic oxidation sites excluding steroid dienone is 1. The lowest BCUT2D eigenvalue weighted by atomic mass is 10.2. The van der Waals surface area contributed by atoms with Gasteiger partial charge >= 0.3 is 5.97 Å². The lowest BCUT2D eigenvalue weighted by Gasteiger charge is -1.88. The first-order valence-electron chi connectivity index (χ1n) is 2.52. The maximum Gasteiger partial charge on any atom is 0.335 e. The lowest BCUT2D eigenvalue weighted by Crippen LogP contribution is -2.02. The van der Waals surface area contributed by atoms with Gasteiger partial charge in [-0.3, -0.25) is 0 Å². The Balaban J connectivity index is 2.85. The zero-order valence-electron chi connectivity index (χ0n) is 4.96. The second kappa shape index (κ2) is 1.97. The number of rotatable bonds is 1. The van der Waals surface area contributed by atoms with E-state index in [1.807, 2.05) is 0 Å². The molecule has 0 aromatic heterocycles.